The van der Waals surface area contributed by atoms with Gasteiger partial charge in [0.1, 0.15) is 17.5 Å². The summed E-state index contributed by atoms with van der Waals surface area (Å²) in [5.74, 6) is -1.87. The van der Waals surface area contributed by atoms with Crippen LogP contribution in [0.2, 0.25) is 0 Å². The van der Waals surface area contributed by atoms with Gasteiger partial charge in [-0.1, -0.05) is 30.3 Å². The van der Waals surface area contributed by atoms with E-state index in [2.05, 4.69) is 0 Å². The van der Waals surface area contributed by atoms with Crippen LogP contribution in [0.1, 0.15) is 37.3 Å². The first kappa shape index (κ1) is 19.8. The standard InChI is InChI=1S/C23H23FO4/c1-3-27-21-8-6-5-7-18(21)19-13-16(15-9-11-17(24)12-10-15)14-20(25)22(19)23(26)28-4-2/h5-12,14,19,22H,3-4,13H2,1-2H3/t19-,22+/m1/s1. The molecule has 5 heteroatoms. The Hall–Kier alpha value is -2.95. The molecule has 2 aromatic carbocycles. The molecule has 0 saturated heterocycles. The van der Waals surface area contributed by atoms with Crippen molar-refractivity contribution in [2.45, 2.75) is 26.2 Å². The second-order valence-corrected chi connectivity index (χ2v) is 6.59. The predicted octanol–water partition coefficient (Wildman–Crippen LogP) is 4.54. The van der Waals surface area contributed by atoms with E-state index < -0.39 is 17.8 Å². The van der Waals surface area contributed by atoms with Gasteiger partial charge in [0.2, 0.25) is 0 Å². The predicted molar refractivity (Wildman–Crippen MR) is 104 cm³/mol. The van der Waals surface area contributed by atoms with Crippen molar-refractivity contribution >= 4 is 17.3 Å². The first-order chi connectivity index (χ1) is 13.5. The van der Waals surface area contributed by atoms with Gasteiger partial charge in [0.25, 0.3) is 0 Å². The summed E-state index contributed by atoms with van der Waals surface area (Å²) in [5, 5.41) is 0. The molecule has 0 aliphatic heterocycles. The summed E-state index contributed by atoms with van der Waals surface area (Å²) in [6.45, 7) is 4.28. The normalized spacial score (nSPS) is 19.1. The van der Waals surface area contributed by atoms with Gasteiger partial charge in [0.05, 0.1) is 13.2 Å². The number of esters is 1. The van der Waals surface area contributed by atoms with Crippen molar-refractivity contribution in [1.29, 1.82) is 0 Å². The van der Waals surface area contributed by atoms with Crippen molar-refractivity contribution in [3.63, 3.8) is 0 Å². The van der Waals surface area contributed by atoms with E-state index in [1.165, 1.54) is 18.2 Å². The van der Waals surface area contributed by atoms with E-state index in [4.69, 9.17) is 9.47 Å². The van der Waals surface area contributed by atoms with Crippen molar-refractivity contribution in [1.82, 2.24) is 0 Å². The van der Waals surface area contributed by atoms with E-state index in [0.29, 0.717) is 18.8 Å². The zero-order valence-electron chi connectivity index (χ0n) is 16.0. The molecule has 1 aliphatic rings. The van der Waals surface area contributed by atoms with Crippen molar-refractivity contribution in [2.24, 2.45) is 5.92 Å². The SMILES string of the molecule is CCOC(=O)[C@@H]1C(=O)C=C(c2ccc(F)cc2)C[C@@H]1c1ccccc1OCC. The molecule has 0 saturated carbocycles. The molecule has 28 heavy (non-hydrogen) atoms. The van der Waals surface area contributed by atoms with Gasteiger partial charge >= 0.3 is 5.97 Å². The van der Waals surface area contributed by atoms with Gasteiger partial charge in [-0.3, -0.25) is 9.59 Å². The van der Waals surface area contributed by atoms with Crippen LogP contribution >= 0.6 is 0 Å². The van der Waals surface area contributed by atoms with Crippen LogP contribution < -0.4 is 4.74 Å². The highest BCUT2D eigenvalue weighted by atomic mass is 19.1. The molecule has 146 valence electrons. The number of ketones is 1. The van der Waals surface area contributed by atoms with Crippen molar-refractivity contribution < 1.29 is 23.5 Å². The smallest absolute Gasteiger partial charge is 0.317 e. The fraction of sp³-hybridized carbons (Fsp3) is 0.304. The third-order valence-corrected chi connectivity index (χ3v) is 4.84. The van der Waals surface area contributed by atoms with Crippen LogP contribution in [-0.4, -0.2) is 25.0 Å². The lowest BCUT2D eigenvalue weighted by molar-refractivity contribution is -0.151. The van der Waals surface area contributed by atoms with Gasteiger partial charge in [0, 0.05) is 5.92 Å². The number of allylic oxidation sites excluding steroid dienone is 2. The van der Waals surface area contributed by atoms with Crippen molar-refractivity contribution in [2.75, 3.05) is 13.2 Å². The minimum atomic E-state index is -0.925. The number of rotatable bonds is 6. The maximum absolute atomic E-state index is 13.3. The van der Waals surface area contributed by atoms with E-state index >= 15 is 0 Å². The monoisotopic (exact) mass is 382 g/mol. The van der Waals surface area contributed by atoms with Crippen LogP contribution in [0.4, 0.5) is 4.39 Å². The summed E-state index contributed by atoms with van der Waals surface area (Å²) in [7, 11) is 0. The highest BCUT2D eigenvalue weighted by Crippen LogP contribution is 2.43. The number of benzene rings is 2. The molecule has 0 fully saturated rings. The number of halogens is 1. The van der Waals surface area contributed by atoms with Gasteiger partial charge in [-0.05, 0) is 61.2 Å². The summed E-state index contributed by atoms with van der Waals surface area (Å²) in [4.78, 5) is 25.5. The molecule has 0 N–H and O–H groups in total. The highest BCUT2D eigenvalue weighted by Gasteiger charge is 2.40. The van der Waals surface area contributed by atoms with Crippen LogP contribution in [0, 0.1) is 11.7 Å². The second-order valence-electron chi connectivity index (χ2n) is 6.59. The molecule has 0 spiro atoms. The number of ether oxygens (including phenoxy) is 2. The van der Waals surface area contributed by atoms with Crippen molar-refractivity contribution in [3.8, 4) is 5.75 Å². The average Bonchev–Trinajstić information content (AvgIpc) is 2.69. The Balaban J connectivity index is 2.05. The molecule has 0 amide bonds. The Morgan fingerprint density at radius 1 is 1.07 bits per heavy atom. The fourth-order valence-electron chi connectivity index (χ4n) is 3.61. The number of carbonyl (C=O) groups is 2. The van der Waals surface area contributed by atoms with Crippen LogP contribution in [0.15, 0.2) is 54.6 Å². The third kappa shape index (κ3) is 4.14. The fourth-order valence-corrected chi connectivity index (χ4v) is 3.61. The summed E-state index contributed by atoms with van der Waals surface area (Å²) < 4.78 is 24.2. The maximum Gasteiger partial charge on any atom is 0.317 e. The Kier molecular flexibility index (Phi) is 6.24. The number of hydrogen-bond donors (Lipinski definition) is 0. The van der Waals surface area contributed by atoms with E-state index in [1.54, 1.807) is 19.1 Å². The molecule has 4 nitrogen and oxygen atoms in total. The Morgan fingerprint density at radius 3 is 2.46 bits per heavy atom. The maximum atomic E-state index is 13.3. The second kappa shape index (κ2) is 8.83. The zero-order valence-corrected chi connectivity index (χ0v) is 16.0. The van der Waals surface area contributed by atoms with Crippen LogP contribution in [0.25, 0.3) is 5.57 Å². The molecule has 0 bridgehead atoms. The molecule has 0 heterocycles. The van der Waals surface area contributed by atoms with Gasteiger partial charge in [-0.25, -0.2) is 4.39 Å². The largest absolute Gasteiger partial charge is 0.494 e. The molecule has 0 radical (unpaired) electrons. The lowest BCUT2D eigenvalue weighted by Gasteiger charge is -2.30. The lowest BCUT2D eigenvalue weighted by atomic mass is 9.73. The van der Waals surface area contributed by atoms with Gasteiger partial charge in [0.15, 0.2) is 5.78 Å². The molecule has 3 rings (SSSR count). The third-order valence-electron chi connectivity index (χ3n) is 4.84. The van der Waals surface area contributed by atoms with Crippen LogP contribution in [0.3, 0.4) is 0 Å². The number of carbonyl (C=O) groups excluding carboxylic acids is 2. The summed E-state index contributed by atoms with van der Waals surface area (Å²) in [5.41, 5.74) is 2.32. The quantitative estimate of drug-likeness (QED) is 0.544. The minimum absolute atomic E-state index is 0.205. The molecule has 0 aromatic heterocycles. The van der Waals surface area contributed by atoms with Crippen LogP contribution in [0.5, 0.6) is 5.75 Å². The molecule has 0 unspecified atom stereocenters. The van der Waals surface area contributed by atoms with Crippen molar-refractivity contribution in [3.05, 3.63) is 71.6 Å². The van der Waals surface area contributed by atoms with E-state index in [0.717, 1.165) is 16.7 Å². The van der Waals surface area contributed by atoms with E-state index in [-0.39, 0.29) is 18.2 Å². The molecular formula is C23H23FO4. The molecule has 1 aliphatic carbocycles. The van der Waals surface area contributed by atoms with Gasteiger partial charge in [-0.2, -0.15) is 0 Å². The summed E-state index contributed by atoms with van der Waals surface area (Å²) in [6, 6.07) is 13.4. The lowest BCUT2D eigenvalue weighted by Crippen LogP contribution is -2.34. The Morgan fingerprint density at radius 2 is 1.79 bits per heavy atom. The van der Waals surface area contributed by atoms with E-state index in [9.17, 15) is 14.0 Å². The van der Waals surface area contributed by atoms with E-state index in [1.807, 2.05) is 31.2 Å². The first-order valence-corrected chi connectivity index (χ1v) is 9.43. The molecular weight excluding hydrogens is 359 g/mol. The summed E-state index contributed by atoms with van der Waals surface area (Å²) >= 11 is 0. The molecule has 2 atom stereocenters. The Bertz CT molecular complexity index is 886. The number of para-hydroxylation sites is 1. The Labute approximate surface area is 164 Å². The highest BCUT2D eigenvalue weighted by molar-refractivity contribution is 6.10. The topological polar surface area (TPSA) is 52.6 Å². The van der Waals surface area contributed by atoms with Gasteiger partial charge in [-0.15, -0.1) is 0 Å². The zero-order chi connectivity index (χ0) is 20.1. The average molecular weight is 382 g/mol. The summed E-state index contributed by atoms with van der Waals surface area (Å²) in [6.07, 6.45) is 1.93. The molecule has 2 aromatic rings. The van der Waals surface area contributed by atoms with Crippen LogP contribution in [-0.2, 0) is 14.3 Å². The van der Waals surface area contributed by atoms with Gasteiger partial charge < -0.3 is 9.47 Å². The first-order valence-electron chi connectivity index (χ1n) is 9.43. The number of hydrogen-bond acceptors (Lipinski definition) is 4. The minimum Gasteiger partial charge on any atom is -0.494 e.